The zero-order valence-corrected chi connectivity index (χ0v) is 20.6. The van der Waals surface area contributed by atoms with Crippen molar-refractivity contribution >= 4 is 11.6 Å². The first-order chi connectivity index (χ1) is 16.4. The van der Waals surface area contributed by atoms with E-state index in [1.54, 1.807) is 12.1 Å². The molecule has 0 spiro atoms. The molecular formula is C30H36FN2O+. The molecule has 1 N–H and O–H groups in total. The van der Waals surface area contributed by atoms with Crippen LogP contribution >= 0.6 is 0 Å². The van der Waals surface area contributed by atoms with Crippen molar-refractivity contribution in [2.75, 3.05) is 18.4 Å². The molecule has 0 saturated carbocycles. The van der Waals surface area contributed by atoms with Crippen LogP contribution in [0.3, 0.4) is 0 Å². The highest BCUT2D eigenvalue weighted by molar-refractivity contribution is 5.95. The molecule has 1 aliphatic heterocycles. The molecule has 3 unspecified atom stereocenters. The number of nitrogens with zero attached hydrogens (tertiary/aromatic N) is 1. The summed E-state index contributed by atoms with van der Waals surface area (Å²) in [5, 5.41) is 3.27. The number of hydrogen-bond acceptors (Lipinski definition) is 1. The maximum absolute atomic E-state index is 14.1. The van der Waals surface area contributed by atoms with Crippen molar-refractivity contribution in [3.63, 3.8) is 0 Å². The zero-order chi connectivity index (χ0) is 24.1. The molecule has 3 atom stereocenters. The Kier molecular flexibility index (Phi) is 7.47. The first kappa shape index (κ1) is 24.2. The van der Waals surface area contributed by atoms with Gasteiger partial charge in [0, 0.05) is 23.6 Å². The average molecular weight is 460 g/mol. The Bertz CT molecular complexity index is 1110. The quantitative estimate of drug-likeness (QED) is 0.389. The molecule has 178 valence electrons. The number of piperidine rings is 1. The van der Waals surface area contributed by atoms with Crippen LogP contribution < -0.4 is 5.32 Å². The molecule has 4 heteroatoms. The minimum absolute atomic E-state index is 0.0602. The third kappa shape index (κ3) is 5.23. The highest BCUT2D eigenvalue weighted by atomic mass is 19.1. The Morgan fingerprint density at radius 2 is 1.74 bits per heavy atom. The van der Waals surface area contributed by atoms with Crippen LogP contribution in [0, 0.1) is 19.7 Å². The Morgan fingerprint density at radius 1 is 1.03 bits per heavy atom. The van der Waals surface area contributed by atoms with E-state index < -0.39 is 0 Å². The fourth-order valence-corrected chi connectivity index (χ4v) is 5.85. The summed E-state index contributed by atoms with van der Waals surface area (Å²) in [6, 6.07) is 23.4. The molecule has 0 aromatic heterocycles. The normalized spacial score (nSPS) is 21.1. The van der Waals surface area contributed by atoms with Gasteiger partial charge in [0.15, 0.2) is 6.04 Å². The van der Waals surface area contributed by atoms with Crippen LogP contribution in [0.25, 0.3) is 0 Å². The van der Waals surface area contributed by atoms with Crippen LogP contribution in [-0.4, -0.2) is 29.5 Å². The lowest BCUT2D eigenvalue weighted by atomic mass is 9.86. The molecule has 0 bridgehead atoms. The Hall–Kier alpha value is -2.98. The number of likely N-dealkylation sites (tertiary alicyclic amines) is 1. The molecule has 3 aromatic rings. The van der Waals surface area contributed by atoms with Gasteiger partial charge in [0.2, 0.25) is 0 Å². The van der Waals surface area contributed by atoms with Crippen molar-refractivity contribution in [1.29, 1.82) is 0 Å². The van der Waals surface area contributed by atoms with E-state index in [4.69, 9.17) is 0 Å². The van der Waals surface area contributed by atoms with Gasteiger partial charge in [-0.15, -0.1) is 0 Å². The number of nitrogens with one attached hydrogen (secondary N) is 1. The molecular weight excluding hydrogens is 423 g/mol. The van der Waals surface area contributed by atoms with Crippen LogP contribution in [0.4, 0.5) is 10.1 Å². The third-order valence-corrected chi connectivity index (χ3v) is 7.48. The van der Waals surface area contributed by atoms with Crippen LogP contribution in [-0.2, 0) is 11.3 Å². The molecule has 1 amide bonds. The molecule has 1 heterocycles. The van der Waals surface area contributed by atoms with Gasteiger partial charge in [-0.2, -0.15) is 0 Å². The van der Waals surface area contributed by atoms with E-state index in [-0.39, 0.29) is 17.8 Å². The molecule has 34 heavy (non-hydrogen) atoms. The second-order valence-electron chi connectivity index (χ2n) is 9.84. The van der Waals surface area contributed by atoms with E-state index in [1.165, 1.54) is 11.6 Å². The zero-order valence-electron chi connectivity index (χ0n) is 20.6. The van der Waals surface area contributed by atoms with Crippen molar-refractivity contribution in [3.05, 3.63) is 101 Å². The minimum Gasteiger partial charge on any atom is -0.320 e. The van der Waals surface area contributed by atoms with E-state index >= 15 is 0 Å². The summed E-state index contributed by atoms with van der Waals surface area (Å²) in [4.78, 5) is 13.9. The number of halogens is 1. The van der Waals surface area contributed by atoms with Gasteiger partial charge in [0.1, 0.15) is 12.4 Å². The average Bonchev–Trinajstić information content (AvgIpc) is 2.83. The minimum atomic E-state index is -0.222. The number of rotatable bonds is 7. The molecule has 4 rings (SSSR count). The number of benzene rings is 3. The number of para-hydroxylation sites is 1. The first-order valence-electron chi connectivity index (χ1n) is 12.4. The van der Waals surface area contributed by atoms with Gasteiger partial charge >= 0.3 is 0 Å². The highest BCUT2D eigenvalue weighted by Crippen LogP contribution is 2.36. The van der Waals surface area contributed by atoms with Crippen molar-refractivity contribution in [3.8, 4) is 0 Å². The van der Waals surface area contributed by atoms with Gasteiger partial charge < -0.3 is 9.80 Å². The molecule has 0 radical (unpaired) electrons. The summed E-state index contributed by atoms with van der Waals surface area (Å²) in [5.74, 6) is 0.218. The summed E-state index contributed by atoms with van der Waals surface area (Å²) in [6.07, 6.45) is 2.89. The van der Waals surface area contributed by atoms with Crippen molar-refractivity contribution < 1.29 is 13.7 Å². The SMILES string of the molecule is CCC(C(=O)Nc1c(C)cccc1C)[N+]1(Cc2cccc(F)c2)CCCC(c2ccccc2)C1. The predicted octanol–water partition coefficient (Wildman–Crippen LogP) is 6.75. The highest BCUT2D eigenvalue weighted by Gasteiger charge is 2.45. The standard InChI is InChI=1S/C30H35FN2O/c1-4-28(30(34)32-29-22(2)11-8-12-23(29)3)33(20-24-13-9-17-27(31)19-24)18-10-16-26(21-33)25-14-6-5-7-15-25/h5-9,11-15,17,19,26,28H,4,10,16,18,20-21H2,1-3H3/p+1. The summed E-state index contributed by atoms with van der Waals surface area (Å²) < 4.78 is 14.8. The lowest BCUT2D eigenvalue weighted by Crippen LogP contribution is -2.62. The Morgan fingerprint density at radius 3 is 2.41 bits per heavy atom. The first-order valence-corrected chi connectivity index (χ1v) is 12.4. The number of carbonyl (C=O) groups is 1. The maximum atomic E-state index is 14.1. The number of carbonyl (C=O) groups excluding carboxylic acids is 1. The van der Waals surface area contributed by atoms with Crippen molar-refractivity contribution in [2.45, 2.75) is 58.5 Å². The maximum Gasteiger partial charge on any atom is 0.282 e. The van der Waals surface area contributed by atoms with E-state index in [2.05, 4.69) is 36.5 Å². The number of hydrogen-bond donors (Lipinski definition) is 1. The topological polar surface area (TPSA) is 29.1 Å². The van der Waals surface area contributed by atoms with E-state index in [9.17, 15) is 9.18 Å². The Balaban J connectivity index is 1.70. The second kappa shape index (κ2) is 10.5. The third-order valence-electron chi connectivity index (χ3n) is 7.48. The molecule has 0 aliphatic carbocycles. The van der Waals surface area contributed by atoms with Crippen molar-refractivity contribution in [2.24, 2.45) is 0 Å². The van der Waals surface area contributed by atoms with Gasteiger partial charge in [-0.1, -0.05) is 67.6 Å². The predicted molar refractivity (Wildman–Crippen MR) is 137 cm³/mol. The summed E-state index contributed by atoms with van der Waals surface area (Å²) in [6.45, 7) is 8.62. The second-order valence-corrected chi connectivity index (χ2v) is 9.84. The largest absolute Gasteiger partial charge is 0.320 e. The van der Waals surface area contributed by atoms with E-state index in [0.29, 0.717) is 16.9 Å². The fourth-order valence-electron chi connectivity index (χ4n) is 5.85. The number of anilines is 1. The lowest BCUT2D eigenvalue weighted by Gasteiger charge is -2.49. The molecule has 3 nitrogen and oxygen atoms in total. The lowest BCUT2D eigenvalue weighted by molar-refractivity contribution is -0.960. The van der Waals surface area contributed by atoms with Gasteiger partial charge in [0.25, 0.3) is 5.91 Å². The molecule has 3 aromatic carbocycles. The summed E-state index contributed by atoms with van der Waals surface area (Å²) in [5.41, 5.74) is 5.33. The fraction of sp³-hybridized carbons (Fsp3) is 0.367. The van der Waals surface area contributed by atoms with Gasteiger partial charge in [-0.05, 0) is 55.5 Å². The van der Waals surface area contributed by atoms with E-state index in [0.717, 1.165) is 54.7 Å². The van der Waals surface area contributed by atoms with Crippen LogP contribution in [0.5, 0.6) is 0 Å². The Labute approximate surface area is 203 Å². The van der Waals surface area contributed by atoms with Gasteiger partial charge in [-0.25, -0.2) is 4.39 Å². The van der Waals surface area contributed by atoms with Crippen LogP contribution in [0.15, 0.2) is 72.8 Å². The summed E-state index contributed by atoms with van der Waals surface area (Å²) >= 11 is 0. The monoisotopic (exact) mass is 459 g/mol. The van der Waals surface area contributed by atoms with Gasteiger partial charge in [-0.3, -0.25) is 4.79 Å². The summed E-state index contributed by atoms with van der Waals surface area (Å²) in [7, 11) is 0. The van der Waals surface area contributed by atoms with Crippen molar-refractivity contribution in [1.82, 2.24) is 0 Å². The van der Waals surface area contributed by atoms with Crippen LogP contribution in [0.1, 0.15) is 54.4 Å². The van der Waals surface area contributed by atoms with Gasteiger partial charge in [0.05, 0.1) is 13.1 Å². The van der Waals surface area contributed by atoms with Crippen LogP contribution in [0.2, 0.25) is 0 Å². The number of aryl methyl sites for hydroxylation is 2. The molecule has 1 fully saturated rings. The molecule has 1 aliphatic rings. The van der Waals surface area contributed by atoms with E-state index in [1.807, 2.05) is 44.2 Å². The number of amides is 1. The number of quaternary nitrogens is 1. The molecule has 1 saturated heterocycles. The smallest absolute Gasteiger partial charge is 0.282 e.